The molecule has 1 saturated heterocycles. The fraction of sp³-hybridized carbons (Fsp3) is 0.304. The van der Waals surface area contributed by atoms with Gasteiger partial charge in [-0.2, -0.15) is 0 Å². The summed E-state index contributed by atoms with van der Waals surface area (Å²) in [5.41, 5.74) is 1.23. The molecule has 1 fully saturated rings. The van der Waals surface area contributed by atoms with Crippen molar-refractivity contribution in [1.29, 1.82) is 0 Å². The minimum Gasteiger partial charge on any atom is -0.478 e. The first-order chi connectivity index (χ1) is 15.6. The van der Waals surface area contributed by atoms with E-state index in [0.29, 0.717) is 28.2 Å². The Bertz CT molecular complexity index is 995. The van der Waals surface area contributed by atoms with E-state index in [2.05, 4.69) is 35.9 Å². The maximum absolute atomic E-state index is 9.55. The van der Waals surface area contributed by atoms with Crippen molar-refractivity contribution in [3.05, 3.63) is 69.2 Å². The van der Waals surface area contributed by atoms with Crippen molar-refractivity contribution in [2.45, 2.75) is 22.8 Å². The molecule has 0 aromatic heterocycles. The number of nitrogens with zero attached hydrogens (tertiary/aromatic N) is 2. The average molecular weight is 532 g/mol. The summed E-state index contributed by atoms with van der Waals surface area (Å²) < 4.78 is 0. The predicted octanol–water partition coefficient (Wildman–Crippen LogP) is 5.82. The first-order valence-electron chi connectivity index (χ1n) is 10.1. The number of benzene rings is 2. The van der Waals surface area contributed by atoms with Gasteiger partial charge in [-0.05, 0) is 55.9 Å². The van der Waals surface area contributed by atoms with Gasteiger partial charge < -0.3 is 15.1 Å². The molecule has 0 aliphatic carbocycles. The van der Waals surface area contributed by atoms with Crippen LogP contribution >= 0.6 is 46.6 Å². The lowest BCUT2D eigenvalue weighted by atomic mass is 10.1. The Morgan fingerprint density at radius 2 is 1.45 bits per heavy atom. The van der Waals surface area contributed by atoms with Gasteiger partial charge in [0.1, 0.15) is 0 Å². The van der Waals surface area contributed by atoms with Crippen LogP contribution in [0.2, 0.25) is 15.1 Å². The zero-order valence-corrected chi connectivity index (χ0v) is 21.3. The van der Waals surface area contributed by atoms with Crippen molar-refractivity contribution in [2.75, 3.05) is 33.2 Å². The number of likely N-dealkylation sites (N-methyl/N-ethyl adjacent to an activating group) is 1. The van der Waals surface area contributed by atoms with E-state index in [1.165, 1.54) is 10.5 Å². The molecule has 2 N–H and O–H groups in total. The molecule has 178 valence electrons. The molecule has 0 amide bonds. The summed E-state index contributed by atoms with van der Waals surface area (Å²) in [6.45, 7) is 6.56. The highest BCUT2D eigenvalue weighted by Gasteiger charge is 2.23. The quantitative estimate of drug-likeness (QED) is 0.455. The smallest absolute Gasteiger partial charge is 0.328 e. The molecule has 6 nitrogen and oxygen atoms in total. The summed E-state index contributed by atoms with van der Waals surface area (Å²) in [7, 11) is 2.17. The number of aliphatic carboxylic acids is 2. The van der Waals surface area contributed by atoms with Gasteiger partial charge in [-0.1, -0.05) is 46.6 Å². The number of hydrogen-bond donors (Lipinski definition) is 2. The van der Waals surface area contributed by atoms with Gasteiger partial charge in [0.2, 0.25) is 0 Å². The van der Waals surface area contributed by atoms with Crippen molar-refractivity contribution >= 4 is 58.5 Å². The third-order valence-electron chi connectivity index (χ3n) is 4.99. The van der Waals surface area contributed by atoms with E-state index < -0.39 is 11.9 Å². The van der Waals surface area contributed by atoms with E-state index in [9.17, 15) is 9.59 Å². The lowest BCUT2D eigenvalue weighted by Gasteiger charge is -2.37. The summed E-state index contributed by atoms with van der Waals surface area (Å²) >= 11 is 20.4. The number of halogens is 3. The van der Waals surface area contributed by atoms with Crippen LogP contribution in [0.4, 0.5) is 0 Å². The Morgan fingerprint density at radius 3 is 2.03 bits per heavy atom. The maximum atomic E-state index is 9.55. The van der Waals surface area contributed by atoms with E-state index in [-0.39, 0.29) is 0 Å². The summed E-state index contributed by atoms with van der Waals surface area (Å²) in [4.78, 5) is 26.1. The second-order valence-corrected chi connectivity index (χ2v) is 9.75. The van der Waals surface area contributed by atoms with E-state index in [1.807, 2.05) is 24.3 Å². The van der Waals surface area contributed by atoms with Gasteiger partial charge in [0.25, 0.3) is 0 Å². The zero-order valence-electron chi connectivity index (χ0n) is 18.2. The van der Waals surface area contributed by atoms with Crippen LogP contribution < -0.4 is 0 Å². The molecule has 10 heteroatoms. The fourth-order valence-corrected chi connectivity index (χ4v) is 4.88. The highest BCUT2D eigenvalue weighted by atomic mass is 35.5. The Kier molecular flexibility index (Phi) is 11.0. The van der Waals surface area contributed by atoms with Gasteiger partial charge >= 0.3 is 11.9 Å². The molecule has 3 rings (SSSR count). The molecule has 0 spiro atoms. The molecule has 2 aromatic rings. The number of carbonyl (C=O) groups is 2. The average Bonchev–Trinajstić information content (AvgIpc) is 2.76. The molecular weight excluding hydrogens is 507 g/mol. The highest BCUT2D eigenvalue weighted by molar-refractivity contribution is 7.99. The predicted molar refractivity (Wildman–Crippen MR) is 134 cm³/mol. The number of piperazine rings is 1. The molecule has 1 atom stereocenters. The molecular formula is C23H25Cl3N2O4S. The molecule has 0 saturated carbocycles. The molecule has 0 radical (unpaired) electrons. The summed E-state index contributed by atoms with van der Waals surface area (Å²) in [5.74, 6) is -2.51. The van der Waals surface area contributed by atoms with Crippen LogP contribution in [0.5, 0.6) is 0 Å². The monoisotopic (exact) mass is 530 g/mol. The number of carboxylic acids is 2. The lowest BCUT2D eigenvalue weighted by molar-refractivity contribution is -0.134. The Balaban J connectivity index is 0.000000414. The van der Waals surface area contributed by atoms with Gasteiger partial charge in [0.05, 0.1) is 5.02 Å². The summed E-state index contributed by atoms with van der Waals surface area (Å²) in [6.07, 6.45) is 1.12. The van der Waals surface area contributed by atoms with Gasteiger partial charge in [0, 0.05) is 64.2 Å². The minimum atomic E-state index is -1.26. The molecule has 2 aromatic carbocycles. The van der Waals surface area contributed by atoms with E-state index in [1.54, 1.807) is 11.8 Å². The SMILES string of the molecule is CC(c1cc(Cl)ccc1Sc1cc(Cl)ccc1Cl)N1CCN(C)CC1.O=C(O)/C=C\C(=O)O. The molecule has 0 bridgehead atoms. The molecule has 1 unspecified atom stereocenters. The zero-order chi connectivity index (χ0) is 24.5. The normalized spacial score (nSPS) is 15.7. The Labute approximate surface area is 212 Å². The van der Waals surface area contributed by atoms with Crippen LogP contribution in [0.3, 0.4) is 0 Å². The molecule has 33 heavy (non-hydrogen) atoms. The summed E-state index contributed by atoms with van der Waals surface area (Å²) in [6, 6.07) is 11.9. The maximum Gasteiger partial charge on any atom is 0.328 e. The first-order valence-corrected chi connectivity index (χ1v) is 12.0. The molecule has 1 aliphatic rings. The molecule has 1 heterocycles. The van der Waals surface area contributed by atoms with Gasteiger partial charge in [0.15, 0.2) is 0 Å². The van der Waals surface area contributed by atoms with Crippen molar-refractivity contribution in [3.63, 3.8) is 0 Å². The fourth-order valence-electron chi connectivity index (χ4n) is 3.16. The minimum absolute atomic E-state index is 0.299. The standard InChI is InChI=1S/C19H21Cl3N2S.C4H4O4/c1-13(24-9-7-23(2)8-10-24)16-11-14(20)4-6-18(16)25-19-12-15(21)3-5-17(19)22;5-3(6)1-2-4(7)8/h3-6,11-13H,7-10H2,1-2H3;1-2H,(H,5,6)(H,7,8)/b;2-1-. The second kappa shape index (κ2) is 13.2. The van der Waals surface area contributed by atoms with Crippen molar-refractivity contribution < 1.29 is 19.8 Å². The largest absolute Gasteiger partial charge is 0.478 e. The van der Waals surface area contributed by atoms with E-state index >= 15 is 0 Å². The van der Waals surface area contributed by atoms with Crippen LogP contribution in [0, 0.1) is 0 Å². The summed E-state index contributed by atoms with van der Waals surface area (Å²) in [5, 5.41) is 17.8. The third-order valence-corrected chi connectivity index (χ3v) is 7.05. The van der Waals surface area contributed by atoms with Crippen molar-refractivity contribution in [3.8, 4) is 0 Å². The Morgan fingerprint density at radius 1 is 0.909 bits per heavy atom. The van der Waals surface area contributed by atoms with Crippen LogP contribution in [0.15, 0.2) is 58.3 Å². The van der Waals surface area contributed by atoms with E-state index in [0.717, 1.165) is 36.1 Å². The van der Waals surface area contributed by atoms with E-state index in [4.69, 9.17) is 45.0 Å². The highest BCUT2D eigenvalue weighted by Crippen LogP contribution is 2.40. The first kappa shape index (κ1) is 27.5. The van der Waals surface area contributed by atoms with Crippen LogP contribution in [-0.2, 0) is 9.59 Å². The number of hydrogen-bond acceptors (Lipinski definition) is 5. The van der Waals surface area contributed by atoms with Gasteiger partial charge in [-0.3, -0.25) is 4.90 Å². The topological polar surface area (TPSA) is 81.1 Å². The second-order valence-electron chi connectivity index (χ2n) is 7.38. The Hall–Kier alpha value is -1.74. The molecule has 1 aliphatic heterocycles. The van der Waals surface area contributed by atoms with Crippen LogP contribution in [-0.4, -0.2) is 65.2 Å². The van der Waals surface area contributed by atoms with Crippen molar-refractivity contribution in [2.24, 2.45) is 0 Å². The number of carboxylic acid groups (broad SMARTS) is 2. The van der Waals surface area contributed by atoms with Crippen LogP contribution in [0.25, 0.3) is 0 Å². The third kappa shape index (κ3) is 9.20. The van der Waals surface area contributed by atoms with Gasteiger partial charge in [-0.15, -0.1) is 0 Å². The number of rotatable bonds is 6. The van der Waals surface area contributed by atoms with Crippen molar-refractivity contribution in [1.82, 2.24) is 9.80 Å². The van der Waals surface area contributed by atoms with Gasteiger partial charge in [-0.25, -0.2) is 9.59 Å². The van der Waals surface area contributed by atoms with Crippen LogP contribution in [0.1, 0.15) is 18.5 Å². The lowest BCUT2D eigenvalue weighted by Crippen LogP contribution is -2.45.